The van der Waals surface area contributed by atoms with Gasteiger partial charge in [0.25, 0.3) is 5.91 Å². The van der Waals surface area contributed by atoms with Crippen molar-refractivity contribution in [3.63, 3.8) is 0 Å². The summed E-state index contributed by atoms with van der Waals surface area (Å²) in [7, 11) is 1.57. The second-order valence-corrected chi connectivity index (χ2v) is 5.48. The molecule has 1 unspecified atom stereocenters. The molecule has 1 atom stereocenters. The van der Waals surface area contributed by atoms with E-state index in [-0.39, 0.29) is 5.91 Å². The highest BCUT2D eigenvalue weighted by Gasteiger charge is 2.48. The third-order valence-electron chi connectivity index (χ3n) is 3.40. The van der Waals surface area contributed by atoms with Crippen LogP contribution < -0.4 is 10.1 Å². The molecule has 1 amide bonds. The van der Waals surface area contributed by atoms with Gasteiger partial charge in [0, 0.05) is 22.2 Å². The monoisotopic (exact) mass is 307 g/mol. The number of amides is 1. The van der Waals surface area contributed by atoms with Crippen LogP contribution in [0.25, 0.3) is 0 Å². The van der Waals surface area contributed by atoms with E-state index in [9.17, 15) is 4.79 Å². The van der Waals surface area contributed by atoms with Gasteiger partial charge in [-0.15, -0.1) is 0 Å². The highest BCUT2D eigenvalue weighted by Crippen LogP contribution is 2.48. The van der Waals surface area contributed by atoms with Crippen molar-refractivity contribution >= 4 is 34.8 Å². The van der Waals surface area contributed by atoms with Crippen LogP contribution in [0.2, 0.25) is 5.02 Å². The molecule has 1 heterocycles. The van der Waals surface area contributed by atoms with Gasteiger partial charge < -0.3 is 10.1 Å². The fraction of sp³-hybridized carbons (Fsp3) is 0.133. The molecule has 0 saturated carbocycles. The SMILES string of the molecule is COc1ccc2c(c1)NC(=O)C2(Cl)c1ccccc1Cl. The summed E-state index contributed by atoms with van der Waals surface area (Å²) in [6.45, 7) is 0. The lowest BCUT2D eigenvalue weighted by Crippen LogP contribution is -2.29. The van der Waals surface area contributed by atoms with Crippen LogP contribution in [-0.2, 0) is 9.67 Å². The van der Waals surface area contributed by atoms with Crippen LogP contribution in [0.15, 0.2) is 42.5 Å². The number of anilines is 1. The molecule has 3 rings (SSSR count). The summed E-state index contributed by atoms with van der Waals surface area (Å²) >= 11 is 12.8. The number of fused-ring (bicyclic) bond motifs is 1. The number of hydrogen-bond acceptors (Lipinski definition) is 2. The van der Waals surface area contributed by atoms with E-state index in [2.05, 4.69) is 5.32 Å². The molecule has 2 aromatic rings. The maximum atomic E-state index is 12.4. The zero-order chi connectivity index (χ0) is 14.3. The number of nitrogens with one attached hydrogen (secondary N) is 1. The predicted molar refractivity (Wildman–Crippen MR) is 79.7 cm³/mol. The summed E-state index contributed by atoms with van der Waals surface area (Å²) in [5.41, 5.74) is 1.90. The van der Waals surface area contributed by atoms with Crippen LogP contribution in [-0.4, -0.2) is 13.0 Å². The van der Waals surface area contributed by atoms with Gasteiger partial charge in [0.05, 0.1) is 12.8 Å². The quantitative estimate of drug-likeness (QED) is 0.857. The van der Waals surface area contributed by atoms with E-state index < -0.39 is 4.87 Å². The Bertz CT molecular complexity index is 702. The Morgan fingerprint density at radius 2 is 1.90 bits per heavy atom. The first-order valence-electron chi connectivity index (χ1n) is 6.01. The number of methoxy groups -OCH3 is 1. The van der Waals surface area contributed by atoms with Gasteiger partial charge in [-0.3, -0.25) is 4.79 Å². The summed E-state index contributed by atoms with van der Waals surface area (Å²) in [6, 6.07) is 12.4. The van der Waals surface area contributed by atoms with Gasteiger partial charge in [-0.2, -0.15) is 0 Å². The zero-order valence-corrected chi connectivity index (χ0v) is 12.1. The Labute approximate surface area is 126 Å². The maximum absolute atomic E-state index is 12.4. The average molecular weight is 308 g/mol. The number of rotatable bonds is 2. The molecule has 1 aliphatic heterocycles. The van der Waals surface area contributed by atoms with Crippen LogP contribution in [0.3, 0.4) is 0 Å². The average Bonchev–Trinajstić information content (AvgIpc) is 2.71. The Balaban J connectivity index is 2.21. The lowest BCUT2D eigenvalue weighted by atomic mass is 9.91. The number of ether oxygens (including phenoxy) is 1. The first kappa shape index (κ1) is 13.3. The second kappa shape index (κ2) is 4.69. The molecule has 102 valence electrons. The molecule has 0 spiro atoms. The Morgan fingerprint density at radius 1 is 1.15 bits per heavy atom. The summed E-state index contributed by atoms with van der Waals surface area (Å²) < 4.78 is 5.15. The number of benzene rings is 2. The van der Waals surface area contributed by atoms with E-state index in [0.717, 1.165) is 0 Å². The highest BCUT2D eigenvalue weighted by atomic mass is 35.5. The summed E-state index contributed by atoms with van der Waals surface area (Å²) in [6.07, 6.45) is 0. The van der Waals surface area contributed by atoms with E-state index in [1.165, 1.54) is 0 Å². The van der Waals surface area contributed by atoms with Crippen LogP contribution >= 0.6 is 23.2 Å². The molecule has 1 N–H and O–H groups in total. The Hall–Kier alpha value is -1.71. The molecule has 0 saturated heterocycles. The lowest BCUT2D eigenvalue weighted by Gasteiger charge is -2.21. The number of hydrogen-bond donors (Lipinski definition) is 1. The third-order valence-corrected chi connectivity index (χ3v) is 4.31. The van der Waals surface area contributed by atoms with Gasteiger partial charge >= 0.3 is 0 Å². The predicted octanol–water partition coefficient (Wildman–Crippen LogP) is 3.78. The largest absolute Gasteiger partial charge is 0.497 e. The van der Waals surface area contributed by atoms with E-state index in [0.29, 0.717) is 27.6 Å². The summed E-state index contributed by atoms with van der Waals surface area (Å²) in [5, 5.41) is 3.24. The third kappa shape index (κ3) is 1.78. The van der Waals surface area contributed by atoms with Crippen molar-refractivity contribution < 1.29 is 9.53 Å². The maximum Gasteiger partial charge on any atom is 0.254 e. The minimum absolute atomic E-state index is 0.310. The van der Waals surface area contributed by atoms with Gasteiger partial charge in [0.2, 0.25) is 0 Å². The van der Waals surface area contributed by atoms with Crippen LogP contribution in [0.4, 0.5) is 5.69 Å². The number of alkyl halides is 1. The standard InChI is InChI=1S/C15H11Cl2NO2/c1-20-9-6-7-11-13(8-9)18-14(19)15(11,17)10-4-2-3-5-12(10)16/h2-8H,1H3,(H,18,19). The first-order chi connectivity index (χ1) is 9.57. The zero-order valence-electron chi connectivity index (χ0n) is 10.6. The molecular formula is C15H11Cl2NO2. The van der Waals surface area contributed by atoms with Crippen molar-refractivity contribution in [3.05, 3.63) is 58.6 Å². The van der Waals surface area contributed by atoms with Gasteiger partial charge in [-0.1, -0.05) is 47.5 Å². The summed E-state index contributed by atoms with van der Waals surface area (Å²) in [5.74, 6) is 0.347. The Morgan fingerprint density at radius 3 is 2.60 bits per heavy atom. The van der Waals surface area contributed by atoms with E-state index in [4.69, 9.17) is 27.9 Å². The van der Waals surface area contributed by atoms with E-state index >= 15 is 0 Å². The molecule has 20 heavy (non-hydrogen) atoms. The summed E-state index contributed by atoms with van der Waals surface area (Å²) in [4.78, 5) is 11.1. The molecule has 3 nitrogen and oxygen atoms in total. The Kier molecular flexibility index (Phi) is 3.11. The highest BCUT2D eigenvalue weighted by molar-refractivity contribution is 6.43. The minimum Gasteiger partial charge on any atom is -0.497 e. The number of carbonyl (C=O) groups is 1. The van der Waals surface area contributed by atoms with Gasteiger partial charge in [0.15, 0.2) is 4.87 Å². The molecule has 0 aliphatic carbocycles. The van der Waals surface area contributed by atoms with Crippen molar-refractivity contribution in [2.45, 2.75) is 4.87 Å². The van der Waals surface area contributed by atoms with Crippen molar-refractivity contribution in [2.75, 3.05) is 12.4 Å². The van der Waals surface area contributed by atoms with Crippen molar-refractivity contribution in [1.29, 1.82) is 0 Å². The smallest absolute Gasteiger partial charge is 0.254 e. The van der Waals surface area contributed by atoms with Crippen LogP contribution in [0, 0.1) is 0 Å². The second-order valence-electron chi connectivity index (χ2n) is 4.50. The minimum atomic E-state index is -1.31. The van der Waals surface area contributed by atoms with Gasteiger partial charge in [-0.05, 0) is 12.1 Å². The molecule has 0 fully saturated rings. The number of carbonyl (C=O) groups excluding carboxylic acids is 1. The fourth-order valence-electron chi connectivity index (χ4n) is 2.39. The van der Waals surface area contributed by atoms with Crippen molar-refractivity contribution in [2.24, 2.45) is 0 Å². The topological polar surface area (TPSA) is 38.3 Å². The first-order valence-corrected chi connectivity index (χ1v) is 6.77. The fourth-order valence-corrected chi connectivity index (χ4v) is 3.10. The number of halogens is 2. The van der Waals surface area contributed by atoms with Gasteiger partial charge in [-0.25, -0.2) is 0 Å². The molecule has 2 aromatic carbocycles. The molecule has 0 radical (unpaired) electrons. The van der Waals surface area contributed by atoms with Gasteiger partial charge in [0.1, 0.15) is 5.75 Å². The van der Waals surface area contributed by atoms with Crippen LogP contribution in [0.5, 0.6) is 5.75 Å². The molecule has 1 aliphatic rings. The van der Waals surface area contributed by atoms with E-state index in [1.807, 2.05) is 0 Å². The molecular weight excluding hydrogens is 297 g/mol. The lowest BCUT2D eigenvalue weighted by molar-refractivity contribution is -0.117. The molecule has 0 bridgehead atoms. The van der Waals surface area contributed by atoms with E-state index in [1.54, 1.807) is 49.6 Å². The van der Waals surface area contributed by atoms with Crippen LogP contribution in [0.1, 0.15) is 11.1 Å². The van der Waals surface area contributed by atoms with Crippen molar-refractivity contribution in [3.8, 4) is 5.75 Å². The molecule has 5 heteroatoms. The molecule has 0 aromatic heterocycles. The normalized spacial score (nSPS) is 20.4. The van der Waals surface area contributed by atoms with Crippen molar-refractivity contribution in [1.82, 2.24) is 0 Å².